The summed E-state index contributed by atoms with van der Waals surface area (Å²) >= 11 is 0. The zero-order valence-electron chi connectivity index (χ0n) is 26.7. The van der Waals surface area contributed by atoms with Crippen LogP contribution in [0.2, 0.25) is 0 Å². The summed E-state index contributed by atoms with van der Waals surface area (Å²) in [7, 11) is 1.32. The first-order valence-corrected chi connectivity index (χ1v) is 15.7. The number of amides is 1. The van der Waals surface area contributed by atoms with E-state index < -0.39 is 17.9 Å². The molecule has 0 aliphatic heterocycles. The van der Waals surface area contributed by atoms with Gasteiger partial charge >= 0.3 is 5.97 Å². The minimum Gasteiger partial charge on any atom is -0.467 e. The molecule has 7 heteroatoms. The molecule has 2 aromatic heterocycles. The van der Waals surface area contributed by atoms with E-state index in [1.165, 1.54) is 25.5 Å². The lowest BCUT2D eigenvalue weighted by Gasteiger charge is -2.19. The smallest absolute Gasteiger partial charge is 0.328 e. The zero-order chi connectivity index (χ0) is 31.4. The van der Waals surface area contributed by atoms with Gasteiger partial charge in [0.15, 0.2) is 0 Å². The maximum absolute atomic E-state index is 13.6. The number of methoxy groups -OCH3 is 1. The van der Waals surface area contributed by atoms with E-state index in [1.807, 2.05) is 56.3 Å². The minimum atomic E-state index is -0.908. The number of ether oxygens (including phenoxy) is 2. The first-order valence-electron chi connectivity index (χ1n) is 15.7. The molecule has 1 saturated carbocycles. The Morgan fingerprint density at radius 2 is 1.68 bits per heavy atom. The average molecular weight is 597 g/mol. The quantitative estimate of drug-likeness (QED) is 0.185. The number of nitrogens with one attached hydrogen (secondary N) is 1. The summed E-state index contributed by atoms with van der Waals surface area (Å²) in [5.74, 6) is 2.70. The van der Waals surface area contributed by atoms with Crippen molar-refractivity contribution >= 4 is 22.6 Å². The predicted molar refractivity (Wildman–Crippen MR) is 172 cm³/mol. The van der Waals surface area contributed by atoms with Crippen molar-refractivity contribution in [3.63, 3.8) is 0 Å². The van der Waals surface area contributed by atoms with Gasteiger partial charge in [-0.05, 0) is 71.2 Å². The van der Waals surface area contributed by atoms with E-state index in [4.69, 9.17) is 18.9 Å². The molecule has 5 rings (SSSR count). The van der Waals surface area contributed by atoms with Gasteiger partial charge in [0.2, 0.25) is 0 Å². The van der Waals surface area contributed by atoms with Gasteiger partial charge in [-0.1, -0.05) is 78.5 Å². The molecule has 2 heterocycles. The summed E-state index contributed by atoms with van der Waals surface area (Å²) in [5, 5.41) is 4.72. The fourth-order valence-electron chi connectivity index (χ4n) is 5.86. The number of carbonyl (C=O) groups is 2. The largest absolute Gasteiger partial charge is 0.467 e. The minimum absolute atomic E-state index is 0.0687. The molecule has 1 unspecified atom stereocenters. The van der Waals surface area contributed by atoms with E-state index in [-0.39, 0.29) is 23.4 Å². The van der Waals surface area contributed by atoms with Crippen LogP contribution >= 0.6 is 0 Å². The summed E-state index contributed by atoms with van der Waals surface area (Å²) < 4.78 is 17.2. The molecule has 1 aliphatic rings. The van der Waals surface area contributed by atoms with E-state index >= 15 is 0 Å². The van der Waals surface area contributed by atoms with E-state index in [9.17, 15) is 9.59 Å². The van der Waals surface area contributed by atoms with Gasteiger partial charge in [-0.2, -0.15) is 0 Å². The van der Waals surface area contributed by atoms with E-state index in [0.29, 0.717) is 11.7 Å². The van der Waals surface area contributed by atoms with Crippen LogP contribution in [0, 0.1) is 5.92 Å². The molecule has 1 aliphatic carbocycles. The average Bonchev–Trinajstić information content (AvgIpc) is 3.69. The van der Waals surface area contributed by atoms with Gasteiger partial charge in [-0.25, -0.2) is 9.78 Å². The topological polar surface area (TPSA) is 90.7 Å². The Balaban J connectivity index is 1.42. The fourth-order valence-corrected chi connectivity index (χ4v) is 5.86. The molecule has 232 valence electrons. The van der Waals surface area contributed by atoms with E-state index in [1.54, 1.807) is 6.07 Å². The van der Waals surface area contributed by atoms with Crippen molar-refractivity contribution < 1.29 is 23.5 Å². The molecule has 0 spiro atoms. The Labute approximate surface area is 260 Å². The highest BCUT2D eigenvalue weighted by Crippen LogP contribution is 2.33. The summed E-state index contributed by atoms with van der Waals surface area (Å²) in [6.07, 6.45) is 5.71. The first-order chi connectivity index (χ1) is 21.0. The van der Waals surface area contributed by atoms with Crippen LogP contribution in [0.15, 0.2) is 65.1 Å². The van der Waals surface area contributed by atoms with Crippen molar-refractivity contribution in [1.29, 1.82) is 0 Å². The number of pyridine rings is 1. The number of hydrogen-bond donors (Lipinski definition) is 1. The summed E-state index contributed by atoms with van der Waals surface area (Å²) in [6.45, 7) is 10.6. The SMILES string of the molecule is COC(=O)C(Cc1ccc(C(C)C)o1)NC(=O)c1cc2ccc(Oc3ccc(C(C)(C)C)cc3)cc2c(CC2CCCC2)n1. The number of benzene rings is 2. The van der Waals surface area contributed by atoms with Crippen molar-refractivity contribution in [2.24, 2.45) is 5.92 Å². The summed E-state index contributed by atoms with van der Waals surface area (Å²) in [5.41, 5.74) is 2.46. The molecule has 1 fully saturated rings. The third-order valence-electron chi connectivity index (χ3n) is 8.48. The van der Waals surface area contributed by atoms with Crippen LogP contribution in [0.4, 0.5) is 0 Å². The Kier molecular flexibility index (Phi) is 9.42. The molecule has 44 heavy (non-hydrogen) atoms. The second kappa shape index (κ2) is 13.2. The van der Waals surface area contributed by atoms with Gasteiger partial charge in [0, 0.05) is 23.4 Å². The molecule has 2 aromatic carbocycles. The Morgan fingerprint density at radius 3 is 2.32 bits per heavy atom. The third-order valence-corrected chi connectivity index (χ3v) is 8.48. The van der Waals surface area contributed by atoms with Gasteiger partial charge < -0.3 is 19.2 Å². The highest BCUT2D eigenvalue weighted by atomic mass is 16.5. The molecule has 4 aromatic rings. The van der Waals surface area contributed by atoms with Crippen LogP contribution in [0.3, 0.4) is 0 Å². The third kappa shape index (κ3) is 7.50. The second-order valence-corrected chi connectivity index (χ2v) is 13.3. The molecule has 7 nitrogen and oxygen atoms in total. The Morgan fingerprint density at radius 1 is 0.977 bits per heavy atom. The lowest BCUT2D eigenvalue weighted by atomic mass is 9.87. The van der Waals surface area contributed by atoms with Gasteiger partial charge in [0.25, 0.3) is 5.91 Å². The van der Waals surface area contributed by atoms with Crippen LogP contribution in [-0.2, 0) is 27.8 Å². The van der Waals surface area contributed by atoms with Crippen molar-refractivity contribution in [1.82, 2.24) is 10.3 Å². The van der Waals surface area contributed by atoms with E-state index in [2.05, 4.69) is 38.2 Å². The van der Waals surface area contributed by atoms with Crippen molar-refractivity contribution in [3.05, 3.63) is 89.1 Å². The number of esters is 1. The standard InChI is InChI=1S/C37H44N2O5/c1-23(2)34-18-17-29(44-34)22-33(36(41)42-6)39-35(40)32-20-25-11-14-28(43-27-15-12-26(13-16-27)37(3,4)5)21-30(25)31(38-32)19-24-9-7-8-10-24/h11-18,20-21,23-24,33H,7-10,19,22H2,1-6H3,(H,39,40). The Hall–Kier alpha value is -4.13. The van der Waals surface area contributed by atoms with Gasteiger partial charge in [-0.3, -0.25) is 4.79 Å². The van der Waals surface area contributed by atoms with Crippen LogP contribution in [0.1, 0.15) is 99.5 Å². The molecular weight excluding hydrogens is 552 g/mol. The number of furan rings is 1. The number of nitrogens with zero attached hydrogens (tertiary/aromatic N) is 1. The predicted octanol–water partition coefficient (Wildman–Crippen LogP) is 8.29. The number of fused-ring (bicyclic) bond motifs is 1. The van der Waals surface area contributed by atoms with E-state index in [0.717, 1.165) is 53.0 Å². The molecule has 1 amide bonds. The highest BCUT2D eigenvalue weighted by molar-refractivity contribution is 5.99. The molecule has 1 atom stereocenters. The van der Waals surface area contributed by atoms with Crippen molar-refractivity contribution in [3.8, 4) is 11.5 Å². The van der Waals surface area contributed by atoms with Crippen LogP contribution in [0.5, 0.6) is 11.5 Å². The zero-order valence-corrected chi connectivity index (χ0v) is 26.7. The van der Waals surface area contributed by atoms with Gasteiger partial charge in [0.05, 0.1) is 7.11 Å². The van der Waals surface area contributed by atoms with Crippen LogP contribution < -0.4 is 10.1 Å². The molecular formula is C37H44N2O5. The number of hydrogen-bond acceptors (Lipinski definition) is 6. The lowest BCUT2D eigenvalue weighted by Crippen LogP contribution is -2.43. The number of carbonyl (C=O) groups excluding carboxylic acids is 2. The molecule has 0 bridgehead atoms. The number of aromatic nitrogens is 1. The summed E-state index contributed by atoms with van der Waals surface area (Å²) in [4.78, 5) is 31.1. The fraction of sp³-hybridized carbons (Fsp3) is 0.432. The normalized spacial score (nSPS) is 14.6. The summed E-state index contributed by atoms with van der Waals surface area (Å²) in [6, 6.07) is 18.7. The monoisotopic (exact) mass is 596 g/mol. The van der Waals surface area contributed by atoms with Crippen LogP contribution in [0.25, 0.3) is 10.8 Å². The maximum atomic E-state index is 13.6. The Bertz CT molecular complexity index is 1610. The number of rotatable bonds is 10. The second-order valence-electron chi connectivity index (χ2n) is 13.3. The van der Waals surface area contributed by atoms with Crippen molar-refractivity contribution in [2.45, 2.75) is 90.5 Å². The first kappa shape index (κ1) is 31.3. The van der Waals surface area contributed by atoms with Gasteiger partial charge in [0.1, 0.15) is 34.8 Å². The molecule has 0 saturated heterocycles. The van der Waals surface area contributed by atoms with Crippen molar-refractivity contribution in [2.75, 3.05) is 7.11 Å². The highest BCUT2D eigenvalue weighted by Gasteiger charge is 2.26. The molecule has 1 N–H and O–H groups in total. The molecule has 0 radical (unpaired) electrons. The van der Waals surface area contributed by atoms with Gasteiger partial charge in [-0.15, -0.1) is 0 Å². The van der Waals surface area contributed by atoms with Crippen LogP contribution in [-0.4, -0.2) is 30.0 Å². The lowest BCUT2D eigenvalue weighted by molar-refractivity contribution is -0.142. The maximum Gasteiger partial charge on any atom is 0.328 e.